The predicted octanol–water partition coefficient (Wildman–Crippen LogP) is 19.7. The maximum absolute atomic E-state index is 10.6. The molecule has 0 N–H and O–H groups in total. The summed E-state index contributed by atoms with van der Waals surface area (Å²) in [5.74, 6) is 1.31. The highest BCUT2D eigenvalue weighted by Gasteiger charge is 2.36. The van der Waals surface area contributed by atoms with Crippen molar-refractivity contribution in [1.29, 1.82) is 0 Å². The molecule has 3 aromatic heterocycles. The van der Waals surface area contributed by atoms with E-state index in [4.69, 9.17) is 38.5 Å². The van der Waals surface area contributed by atoms with Crippen molar-refractivity contribution in [3.8, 4) is 56.4 Å². The minimum absolute atomic E-state index is 0.108. The molecule has 0 radical (unpaired) electrons. The van der Waals surface area contributed by atoms with Gasteiger partial charge in [-0.3, -0.25) is 4.57 Å². The topological polar surface area (TPSA) is 35.9 Å². The molecule has 0 unspecified atom stereocenters. The van der Waals surface area contributed by atoms with E-state index >= 15 is 0 Å². The van der Waals surface area contributed by atoms with Gasteiger partial charge >= 0.3 is 0 Å². The number of benzene rings is 11. The monoisotopic (exact) mass is 1210 g/mol. The maximum Gasteiger partial charge on any atom is 0.244 e. The third-order valence-corrected chi connectivity index (χ3v) is 21.0. The molecule has 0 saturated carbocycles. The number of hydrogen-bond donors (Lipinski definition) is 0. The van der Waals surface area contributed by atoms with E-state index in [-0.39, 0.29) is 73.6 Å². The van der Waals surface area contributed by atoms with Gasteiger partial charge in [0.05, 0.1) is 82.1 Å². The van der Waals surface area contributed by atoms with Gasteiger partial charge < -0.3 is 13.9 Å². The number of para-hydroxylation sites is 2. The maximum atomic E-state index is 10.6. The van der Waals surface area contributed by atoms with E-state index in [0.717, 1.165) is 16.6 Å². The Kier molecular flexibility index (Phi) is 9.35. The molecule has 90 heavy (non-hydrogen) atoms. The number of hydrogen-bond acceptors (Lipinski definition) is 2. The second-order valence-electron chi connectivity index (χ2n) is 23.1. The van der Waals surface area contributed by atoms with Crippen molar-refractivity contribution in [2.45, 2.75) is 77.0 Å². The number of rotatable bonds is 19. The molecule has 14 rings (SSSR count). The molecule has 0 spiro atoms. The summed E-state index contributed by atoms with van der Waals surface area (Å²) < 4.78 is 273. The van der Waals surface area contributed by atoms with Crippen LogP contribution < -0.4 is 14.5 Å². The normalized spacial score (nSPS) is 16.4. The summed E-state index contributed by atoms with van der Waals surface area (Å²) >= 11 is 0. The lowest BCUT2D eigenvalue weighted by atomic mass is 9.88. The fraction of sp³-hybridized carbons (Fsp3) is 0.143. The van der Waals surface area contributed by atoms with Crippen LogP contribution >= 0.6 is 0 Å². The standard InChI is InChI=1S/C84H74N4OSi/c1-61-81(89-71-38-23-37-70(57-71)87-60-86(79-43-20-21-44-80(79)87)52-25-42-75-73(65-32-16-8-17-33-65)40-24-41-74(75)66-34-18-9-19-35-66)48-46-76-77-55-68(45-47-78(77)88(83(61)76)82-56-69(49-51-85-82)84(2,3)4)67-36-22-39-72(54-67)90(58-63-28-12-6-13-29-63,59-64-30-14-7-15-31-64)53-50-62-26-10-5-11-27-62/h5-24,26-41,43-49,51,54-57H,25,42,50,52-53,58-59H2,1-4H3/i5D,6D,7D,8D,9D,10D,11D,12D,13D,14D,15D,16D,17D,18D,19D,22D,26D,27D,28D,29D,30D,31D,32D,33D,34D,35D,36D,39D,54D. The molecule has 3 heterocycles. The van der Waals surface area contributed by atoms with Crippen molar-refractivity contribution < 1.29 is 49.1 Å². The number of aryl methyl sites for hydroxylation is 2. The number of aromatic nitrogens is 4. The van der Waals surface area contributed by atoms with Gasteiger partial charge in [0.2, 0.25) is 6.33 Å². The predicted molar refractivity (Wildman–Crippen MR) is 376 cm³/mol. The van der Waals surface area contributed by atoms with E-state index in [2.05, 4.69) is 27.1 Å². The molecule has 5 nitrogen and oxygen atoms in total. The van der Waals surface area contributed by atoms with Crippen molar-refractivity contribution in [3.05, 3.63) is 330 Å². The molecule has 0 fully saturated rings. The van der Waals surface area contributed by atoms with Crippen LogP contribution in [0.3, 0.4) is 0 Å². The number of nitrogens with zero attached hydrogens (tertiary/aromatic N) is 4. The highest BCUT2D eigenvalue weighted by molar-refractivity contribution is 6.91. The van der Waals surface area contributed by atoms with Gasteiger partial charge in [0.25, 0.3) is 0 Å². The molecular formula is C84H74N4OSi. The fourth-order valence-corrected chi connectivity index (χ4v) is 16.3. The smallest absolute Gasteiger partial charge is 0.244 e. The van der Waals surface area contributed by atoms with Crippen LogP contribution in [0, 0.1) is 13.3 Å². The number of imidazole rings is 1. The minimum atomic E-state index is -4.70. The van der Waals surface area contributed by atoms with E-state index in [1.165, 1.54) is 0 Å². The molecule has 0 aliphatic heterocycles. The third kappa shape index (κ3) is 11.9. The molecule has 440 valence electrons. The van der Waals surface area contributed by atoms with Crippen molar-refractivity contribution in [2.75, 3.05) is 0 Å². The van der Waals surface area contributed by atoms with Crippen LogP contribution in [0.4, 0.5) is 0 Å². The molecule has 0 aliphatic rings. The van der Waals surface area contributed by atoms with Crippen LogP contribution in [-0.2, 0) is 36.9 Å². The van der Waals surface area contributed by atoms with Crippen molar-refractivity contribution in [1.82, 2.24) is 14.1 Å². The molecule has 0 bridgehead atoms. The molecule has 0 saturated heterocycles. The quantitative estimate of drug-likeness (QED) is 0.0459. The summed E-state index contributed by atoms with van der Waals surface area (Å²) in [5.41, 5.74) is 4.15. The van der Waals surface area contributed by atoms with Crippen molar-refractivity contribution in [3.63, 3.8) is 0 Å². The Morgan fingerprint density at radius 3 is 1.87 bits per heavy atom. The Morgan fingerprint density at radius 2 is 1.19 bits per heavy atom. The van der Waals surface area contributed by atoms with Crippen LogP contribution in [0.25, 0.3) is 77.7 Å². The molecule has 0 aliphatic carbocycles. The lowest BCUT2D eigenvalue weighted by Crippen LogP contribution is -2.53. The van der Waals surface area contributed by atoms with Gasteiger partial charge in [-0.2, -0.15) is 0 Å². The Morgan fingerprint density at radius 1 is 0.556 bits per heavy atom. The Bertz CT molecular complexity index is 6350. The second-order valence-corrected chi connectivity index (χ2v) is 27.4. The van der Waals surface area contributed by atoms with Crippen LogP contribution in [0.2, 0.25) is 6.04 Å². The summed E-state index contributed by atoms with van der Waals surface area (Å²) in [5, 5.41) is 0.864. The van der Waals surface area contributed by atoms with Gasteiger partial charge in [0.1, 0.15) is 17.3 Å². The molecule has 0 amide bonds. The summed E-state index contributed by atoms with van der Waals surface area (Å²) in [7, 11) is -4.70. The van der Waals surface area contributed by atoms with Crippen molar-refractivity contribution >= 4 is 46.1 Å². The Hall–Kier alpha value is -10.1. The minimum Gasteiger partial charge on any atom is -0.458 e. The number of pyridine rings is 1. The van der Waals surface area contributed by atoms with Gasteiger partial charge in [-0.05, 0) is 148 Å². The Balaban J connectivity index is 0.893. The largest absolute Gasteiger partial charge is 0.458 e. The van der Waals surface area contributed by atoms with Gasteiger partial charge in [-0.25, -0.2) is 4.98 Å². The first-order valence-electron chi connectivity index (χ1n) is 44.0. The average Bonchev–Trinajstić information content (AvgIpc) is 1.70. The zero-order chi connectivity index (χ0) is 86.3. The number of ether oxygens (including phenoxy) is 1. The summed E-state index contributed by atoms with van der Waals surface area (Å²) in [6.07, 6.45) is 5.19. The SMILES string of the molecule is [2H]c1c([2H])c([2H])c(CC[Si](Cc2c([2H])c([2H])c([2H])c([2H])c2[2H])(Cc2c([2H])c([2H])c([2H])c([2H])c2[2H])c2c([2H])c([2H])c([2H])c(-c3ccc4c(c3)c3ccc(Oc5cccc(-n6[c-][n+](CCCc7c(-c8c([2H])c([2H])c([2H])c([2H])c8[2H])cccc7-c7c([2H])c([2H])c([2H])c([2H])c7[2H])c7ccccc76)c5)c(C)c3n4-c3cc(C(C)(C)C)ccn3)c2[2H])c([2H])c1[2H]. The average molecular weight is 1210 g/mol. The zero-order valence-electron chi connectivity index (χ0n) is 78.6. The lowest BCUT2D eigenvalue weighted by molar-refractivity contribution is -0.676. The molecule has 11 aromatic carbocycles. The first kappa shape index (κ1) is 33.4. The van der Waals surface area contributed by atoms with Crippen molar-refractivity contribution in [2.24, 2.45) is 0 Å². The van der Waals surface area contributed by atoms with Crippen LogP contribution in [0.5, 0.6) is 11.5 Å². The number of fused-ring (bicyclic) bond motifs is 4. The van der Waals surface area contributed by atoms with E-state index in [1.54, 1.807) is 54.7 Å². The molecule has 6 heteroatoms. The summed E-state index contributed by atoms with van der Waals surface area (Å²) in [6, 6.07) is 11.9. The van der Waals surface area contributed by atoms with Gasteiger partial charge in [-0.1, -0.05) is 273 Å². The highest BCUT2D eigenvalue weighted by Crippen LogP contribution is 2.42. The third-order valence-electron chi connectivity index (χ3n) is 16.4. The summed E-state index contributed by atoms with van der Waals surface area (Å²) in [6.45, 7) is 8.35. The molecule has 0 atom stereocenters. The van der Waals surface area contributed by atoms with Gasteiger partial charge in [0, 0.05) is 22.5 Å². The fourth-order valence-electron chi connectivity index (χ4n) is 12.0. The first-order chi connectivity index (χ1) is 56.1. The van der Waals surface area contributed by atoms with Gasteiger partial charge in [0.15, 0.2) is 0 Å². The first-order valence-corrected chi connectivity index (χ1v) is 32.1. The highest BCUT2D eigenvalue weighted by atomic mass is 28.3. The second kappa shape index (κ2) is 25.2. The van der Waals surface area contributed by atoms with Crippen LogP contribution in [-0.4, -0.2) is 22.2 Å². The molecular weight excluding hydrogens is 1110 g/mol. The van der Waals surface area contributed by atoms with E-state index in [0.29, 0.717) is 62.4 Å². The lowest BCUT2D eigenvalue weighted by Gasteiger charge is -2.34. The summed E-state index contributed by atoms with van der Waals surface area (Å²) in [4.78, 5) is 4.95. The van der Waals surface area contributed by atoms with Crippen LogP contribution in [0.1, 0.15) is 100 Å². The van der Waals surface area contributed by atoms with Crippen LogP contribution in [0.15, 0.2) is 291 Å². The zero-order valence-corrected chi connectivity index (χ0v) is 50.6. The molecule has 14 aromatic rings. The van der Waals surface area contributed by atoms with Gasteiger partial charge in [-0.15, -0.1) is 0 Å². The Labute approximate surface area is 571 Å². The van der Waals surface area contributed by atoms with E-state index in [1.807, 2.05) is 81.3 Å². The van der Waals surface area contributed by atoms with E-state index in [9.17, 15) is 11.0 Å². The van der Waals surface area contributed by atoms with E-state index < -0.39 is 208 Å².